The molecule has 2 aliphatic rings. The lowest BCUT2D eigenvalue weighted by Crippen LogP contribution is -2.44. The maximum atomic E-state index is 12.3. The van der Waals surface area contributed by atoms with E-state index in [4.69, 9.17) is 9.47 Å². The average Bonchev–Trinajstić information content (AvgIpc) is 3.43. The van der Waals surface area contributed by atoms with Crippen LogP contribution < -0.4 is 15.4 Å². The summed E-state index contributed by atoms with van der Waals surface area (Å²) in [5, 5.41) is 6.38. The number of amides is 1. The summed E-state index contributed by atoms with van der Waals surface area (Å²) >= 11 is 0. The zero-order chi connectivity index (χ0) is 20.5. The number of likely N-dealkylation sites (tertiary alicyclic amines) is 1. The third-order valence-electron chi connectivity index (χ3n) is 5.34. The monoisotopic (exact) mass is 530 g/mol. The van der Waals surface area contributed by atoms with Crippen LogP contribution in [0.25, 0.3) is 0 Å². The molecular formula is C22H35IN4O3. The molecule has 1 unspecified atom stereocenters. The fourth-order valence-corrected chi connectivity index (χ4v) is 3.59. The van der Waals surface area contributed by atoms with E-state index in [0.29, 0.717) is 25.0 Å². The molecule has 1 aromatic rings. The van der Waals surface area contributed by atoms with Gasteiger partial charge in [0.1, 0.15) is 5.75 Å². The van der Waals surface area contributed by atoms with E-state index in [2.05, 4.69) is 40.7 Å². The van der Waals surface area contributed by atoms with E-state index in [1.807, 2.05) is 11.8 Å². The lowest BCUT2D eigenvalue weighted by Gasteiger charge is -2.17. The Morgan fingerprint density at radius 2 is 2.10 bits per heavy atom. The lowest BCUT2D eigenvalue weighted by atomic mass is 10.1. The SMILES string of the molecule is CCNC(=NCc1ccc(C)cc1OCC1CCOC1)NCC(=O)N1CCCC1.I. The first-order valence-corrected chi connectivity index (χ1v) is 10.8. The van der Waals surface area contributed by atoms with Crippen LogP contribution in [-0.4, -0.2) is 62.8 Å². The summed E-state index contributed by atoms with van der Waals surface area (Å²) in [7, 11) is 0. The number of rotatable bonds is 8. The quantitative estimate of drug-likeness (QED) is 0.307. The highest BCUT2D eigenvalue weighted by Gasteiger charge is 2.18. The molecular weight excluding hydrogens is 495 g/mol. The van der Waals surface area contributed by atoms with Crippen molar-refractivity contribution >= 4 is 35.8 Å². The van der Waals surface area contributed by atoms with Crippen LogP contribution in [0, 0.1) is 12.8 Å². The minimum atomic E-state index is 0. The van der Waals surface area contributed by atoms with Gasteiger partial charge in [0.05, 0.1) is 26.3 Å². The molecule has 0 bridgehead atoms. The molecule has 0 aliphatic carbocycles. The molecule has 0 spiro atoms. The number of aliphatic imine (C=N–C) groups is 1. The van der Waals surface area contributed by atoms with Gasteiger partial charge in [-0.1, -0.05) is 12.1 Å². The van der Waals surface area contributed by atoms with Gasteiger partial charge in [-0.25, -0.2) is 4.99 Å². The third-order valence-corrected chi connectivity index (χ3v) is 5.34. The normalized spacial score (nSPS) is 18.8. The summed E-state index contributed by atoms with van der Waals surface area (Å²) in [6.07, 6.45) is 3.25. The highest BCUT2D eigenvalue weighted by Crippen LogP contribution is 2.23. The molecule has 2 fully saturated rings. The van der Waals surface area contributed by atoms with Crippen LogP contribution in [0.15, 0.2) is 23.2 Å². The molecule has 2 heterocycles. The highest BCUT2D eigenvalue weighted by molar-refractivity contribution is 14.0. The van der Waals surface area contributed by atoms with Crippen molar-refractivity contribution in [1.29, 1.82) is 0 Å². The van der Waals surface area contributed by atoms with E-state index in [1.54, 1.807) is 0 Å². The van der Waals surface area contributed by atoms with Crippen LogP contribution in [0.3, 0.4) is 0 Å². The number of halogens is 1. The molecule has 168 valence electrons. The van der Waals surface area contributed by atoms with E-state index in [9.17, 15) is 4.79 Å². The van der Waals surface area contributed by atoms with E-state index in [0.717, 1.165) is 69.0 Å². The number of carbonyl (C=O) groups is 1. The van der Waals surface area contributed by atoms with E-state index < -0.39 is 0 Å². The summed E-state index contributed by atoms with van der Waals surface area (Å²) in [4.78, 5) is 18.9. The molecule has 2 N–H and O–H groups in total. The highest BCUT2D eigenvalue weighted by atomic mass is 127. The van der Waals surface area contributed by atoms with Crippen molar-refractivity contribution in [3.8, 4) is 5.75 Å². The minimum Gasteiger partial charge on any atom is -0.493 e. The number of aryl methyl sites for hydroxylation is 1. The lowest BCUT2D eigenvalue weighted by molar-refractivity contribution is -0.128. The summed E-state index contributed by atoms with van der Waals surface area (Å²) in [5.74, 6) is 2.12. The topological polar surface area (TPSA) is 75.2 Å². The summed E-state index contributed by atoms with van der Waals surface area (Å²) in [6, 6.07) is 6.21. The summed E-state index contributed by atoms with van der Waals surface area (Å²) in [6.45, 7) is 9.58. The molecule has 2 saturated heterocycles. The number of hydrogen-bond donors (Lipinski definition) is 2. The van der Waals surface area contributed by atoms with Gasteiger partial charge in [0.15, 0.2) is 5.96 Å². The van der Waals surface area contributed by atoms with E-state index in [1.165, 1.54) is 0 Å². The summed E-state index contributed by atoms with van der Waals surface area (Å²) in [5.41, 5.74) is 2.20. The van der Waals surface area contributed by atoms with Crippen molar-refractivity contribution in [2.75, 3.05) is 46.0 Å². The molecule has 1 amide bonds. The van der Waals surface area contributed by atoms with Gasteiger partial charge in [-0.15, -0.1) is 24.0 Å². The van der Waals surface area contributed by atoms with Crippen LogP contribution in [0.5, 0.6) is 5.75 Å². The number of guanidine groups is 1. The molecule has 0 radical (unpaired) electrons. The predicted octanol–water partition coefficient (Wildman–Crippen LogP) is 2.71. The number of benzene rings is 1. The molecule has 1 aromatic carbocycles. The molecule has 3 rings (SSSR count). The fraction of sp³-hybridized carbons (Fsp3) is 0.636. The van der Waals surface area contributed by atoms with Crippen molar-refractivity contribution in [1.82, 2.24) is 15.5 Å². The average molecular weight is 530 g/mol. The van der Waals surface area contributed by atoms with Gasteiger partial charge in [0, 0.05) is 37.7 Å². The van der Waals surface area contributed by atoms with Gasteiger partial charge in [-0.3, -0.25) is 4.79 Å². The fourth-order valence-electron chi connectivity index (χ4n) is 3.59. The van der Waals surface area contributed by atoms with Crippen LogP contribution in [-0.2, 0) is 16.1 Å². The van der Waals surface area contributed by atoms with Crippen molar-refractivity contribution < 1.29 is 14.3 Å². The van der Waals surface area contributed by atoms with E-state index in [-0.39, 0.29) is 36.4 Å². The Hall–Kier alpha value is -1.55. The van der Waals surface area contributed by atoms with Gasteiger partial charge in [-0.2, -0.15) is 0 Å². The standard InChI is InChI=1S/C22H34N4O3.HI/c1-3-23-22(25-14-21(27)26-9-4-5-10-26)24-13-19-7-6-17(2)12-20(19)29-16-18-8-11-28-15-18;/h6-7,12,18H,3-5,8-11,13-16H2,1-2H3,(H2,23,24,25);1H. The minimum absolute atomic E-state index is 0. The first-order valence-electron chi connectivity index (χ1n) is 10.8. The largest absolute Gasteiger partial charge is 0.493 e. The second-order valence-corrected chi connectivity index (χ2v) is 7.79. The van der Waals surface area contributed by atoms with Gasteiger partial charge >= 0.3 is 0 Å². The molecule has 2 aliphatic heterocycles. The summed E-state index contributed by atoms with van der Waals surface area (Å²) < 4.78 is 11.5. The number of ether oxygens (including phenoxy) is 2. The van der Waals surface area contributed by atoms with Crippen molar-refractivity contribution in [2.24, 2.45) is 10.9 Å². The van der Waals surface area contributed by atoms with Crippen LogP contribution in [0.4, 0.5) is 0 Å². The first kappa shape index (κ1) is 24.7. The molecule has 7 nitrogen and oxygen atoms in total. The number of nitrogens with zero attached hydrogens (tertiary/aromatic N) is 2. The van der Waals surface area contributed by atoms with Gasteiger partial charge < -0.3 is 25.0 Å². The van der Waals surface area contributed by atoms with Crippen molar-refractivity contribution in [3.63, 3.8) is 0 Å². The molecule has 1 atom stereocenters. The second-order valence-electron chi connectivity index (χ2n) is 7.79. The Morgan fingerprint density at radius 1 is 1.30 bits per heavy atom. The Labute approximate surface area is 197 Å². The number of nitrogens with one attached hydrogen (secondary N) is 2. The zero-order valence-corrected chi connectivity index (χ0v) is 20.4. The smallest absolute Gasteiger partial charge is 0.241 e. The number of hydrogen-bond acceptors (Lipinski definition) is 4. The Bertz CT molecular complexity index is 702. The molecule has 0 aromatic heterocycles. The maximum absolute atomic E-state index is 12.3. The third kappa shape index (κ3) is 7.61. The molecule has 0 saturated carbocycles. The zero-order valence-electron chi connectivity index (χ0n) is 18.1. The number of carbonyl (C=O) groups excluding carboxylic acids is 1. The van der Waals surface area contributed by atoms with Gasteiger partial charge in [0.2, 0.25) is 5.91 Å². The van der Waals surface area contributed by atoms with E-state index >= 15 is 0 Å². The molecule has 30 heavy (non-hydrogen) atoms. The van der Waals surface area contributed by atoms with Crippen molar-refractivity contribution in [2.45, 2.75) is 39.7 Å². The maximum Gasteiger partial charge on any atom is 0.241 e. The predicted molar refractivity (Wildman–Crippen MR) is 130 cm³/mol. The Morgan fingerprint density at radius 3 is 2.80 bits per heavy atom. The van der Waals surface area contributed by atoms with Crippen molar-refractivity contribution in [3.05, 3.63) is 29.3 Å². The molecule has 8 heteroatoms. The van der Waals surface area contributed by atoms with Crippen LogP contribution >= 0.6 is 24.0 Å². The van der Waals surface area contributed by atoms with Gasteiger partial charge in [0.25, 0.3) is 0 Å². The van der Waals surface area contributed by atoms with Gasteiger partial charge in [-0.05, 0) is 44.7 Å². The Kier molecular flexibility index (Phi) is 10.7. The Balaban J connectivity index is 0.00000320. The van der Waals surface area contributed by atoms with Crippen LogP contribution in [0.2, 0.25) is 0 Å². The first-order chi connectivity index (χ1) is 14.2. The second kappa shape index (κ2) is 13.0. The van der Waals surface area contributed by atoms with Crippen LogP contribution in [0.1, 0.15) is 37.3 Å².